The molecule has 0 aliphatic rings. The summed E-state index contributed by atoms with van der Waals surface area (Å²) in [6.07, 6.45) is 1.67. The summed E-state index contributed by atoms with van der Waals surface area (Å²) < 4.78 is 5.50. The van der Waals surface area contributed by atoms with Crippen LogP contribution >= 0.6 is 11.6 Å². The Morgan fingerprint density at radius 2 is 2.29 bits per heavy atom. The van der Waals surface area contributed by atoms with Crippen molar-refractivity contribution in [2.45, 2.75) is 12.8 Å². The van der Waals surface area contributed by atoms with Gasteiger partial charge in [-0.3, -0.25) is 0 Å². The Labute approximate surface area is 86.9 Å². The van der Waals surface area contributed by atoms with Crippen LogP contribution in [-0.2, 0) is 6.42 Å². The molecule has 2 N–H and O–H groups in total. The van der Waals surface area contributed by atoms with Crippen LogP contribution in [0.4, 0.5) is 0 Å². The quantitative estimate of drug-likeness (QED) is 0.846. The number of halogens is 1. The lowest BCUT2D eigenvalue weighted by Crippen LogP contribution is -2.00. The summed E-state index contributed by atoms with van der Waals surface area (Å²) in [5, 5.41) is 0.666. The highest BCUT2D eigenvalue weighted by molar-refractivity contribution is 6.31. The Morgan fingerprint density at radius 3 is 3.07 bits per heavy atom. The zero-order chi connectivity index (χ0) is 9.97. The minimum Gasteiger partial charge on any atom is -0.441 e. The molecule has 4 heteroatoms. The standard InChI is InChI=1S/C10H11ClN2O/c11-7-3-4-8-9(6-7)14-10(13-8)2-1-5-12/h3-4,6H,1-2,5,12H2. The molecule has 0 bridgehead atoms. The number of aromatic nitrogens is 1. The Bertz CT molecular complexity index is 439. The number of hydrogen-bond acceptors (Lipinski definition) is 3. The van der Waals surface area contributed by atoms with Gasteiger partial charge in [-0.25, -0.2) is 4.98 Å². The zero-order valence-corrected chi connectivity index (χ0v) is 8.42. The first-order valence-corrected chi connectivity index (χ1v) is 4.92. The molecule has 1 aromatic heterocycles. The summed E-state index contributed by atoms with van der Waals surface area (Å²) >= 11 is 5.82. The first-order valence-electron chi connectivity index (χ1n) is 4.54. The van der Waals surface area contributed by atoms with Crippen LogP contribution in [0.2, 0.25) is 5.02 Å². The van der Waals surface area contributed by atoms with Gasteiger partial charge in [-0.15, -0.1) is 0 Å². The fourth-order valence-electron chi connectivity index (χ4n) is 1.31. The molecule has 0 atom stereocenters. The number of benzene rings is 1. The smallest absolute Gasteiger partial charge is 0.195 e. The number of nitrogens with two attached hydrogens (primary N) is 1. The molecule has 0 saturated heterocycles. The van der Waals surface area contributed by atoms with E-state index in [1.54, 1.807) is 12.1 Å². The molecule has 1 aromatic carbocycles. The fourth-order valence-corrected chi connectivity index (χ4v) is 1.47. The monoisotopic (exact) mass is 210 g/mol. The number of rotatable bonds is 3. The molecular weight excluding hydrogens is 200 g/mol. The van der Waals surface area contributed by atoms with Crippen LogP contribution in [0, 0.1) is 0 Å². The predicted octanol–water partition coefficient (Wildman–Crippen LogP) is 2.37. The third-order valence-corrected chi connectivity index (χ3v) is 2.22. The second-order valence-electron chi connectivity index (χ2n) is 3.11. The molecule has 0 aliphatic carbocycles. The molecule has 0 saturated carbocycles. The van der Waals surface area contributed by atoms with Gasteiger partial charge in [0.15, 0.2) is 11.5 Å². The third-order valence-electron chi connectivity index (χ3n) is 1.99. The van der Waals surface area contributed by atoms with Crippen LogP contribution in [0.15, 0.2) is 22.6 Å². The van der Waals surface area contributed by atoms with Crippen molar-refractivity contribution in [3.8, 4) is 0 Å². The first kappa shape index (κ1) is 9.49. The molecule has 0 radical (unpaired) electrons. The van der Waals surface area contributed by atoms with Crippen LogP contribution in [0.3, 0.4) is 0 Å². The molecule has 74 valence electrons. The Kier molecular flexibility index (Phi) is 2.70. The summed E-state index contributed by atoms with van der Waals surface area (Å²) in [6.45, 7) is 0.652. The van der Waals surface area contributed by atoms with Crippen LogP contribution in [-0.4, -0.2) is 11.5 Å². The van der Waals surface area contributed by atoms with Crippen molar-refractivity contribution >= 4 is 22.7 Å². The Balaban J connectivity index is 2.32. The molecule has 2 rings (SSSR count). The minimum atomic E-state index is 0.652. The SMILES string of the molecule is NCCCc1nc2ccc(Cl)cc2o1. The average molecular weight is 211 g/mol. The molecule has 0 fully saturated rings. The van der Waals surface area contributed by atoms with E-state index in [4.69, 9.17) is 21.8 Å². The maximum absolute atomic E-state index is 5.82. The van der Waals surface area contributed by atoms with Gasteiger partial charge in [0.2, 0.25) is 0 Å². The van der Waals surface area contributed by atoms with Gasteiger partial charge in [-0.1, -0.05) is 11.6 Å². The molecule has 0 amide bonds. The number of hydrogen-bond donors (Lipinski definition) is 1. The number of nitrogens with zero attached hydrogens (tertiary/aromatic N) is 1. The second-order valence-corrected chi connectivity index (χ2v) is 3.55. The summed E-state index contributed by atoms with van der Waals surface area (Å²) in [5.74, 6) is 0.729. The molecule has 0 aliphatic heterocycles. The van der Waals surface area contributed by atoms with E-state index in [1.807, 2.05) is 6.07 Å². The summed E-state index contributed by atoms with van der Waals surface area (Å²) in [7, 11) is 0. The lowest BCUT2D eigenvalue weighted by Gasteiger charge is -1.89. The van der Waals surface area contributed by atoms with Crippen molar-refractivity contribution in [1.29, 1.82) is 0 Å². The van der Waals surface area contributed by atoms with Gasteiger partial charge < -0.3 is 10.2 Å². The Hall–Kier alpha value is -1.06. The van der Waals surface area contributed by atoms with Gasteiger partial charge in [0, 0.05) is 17.5 Å². The zero-order valence-electron chi connectivity index (χ0n) is 7.66. The number of fused-ring (bicyclic) bond motifs is 1. The average Bonchev–Trinajstić information content (AvgIpc) is 2.56. The third kappa shape index (κ3) is 1.89. The van der Waals surface area contributed by atoms with Crippen molar-refractivity contribution in [2.75, 3.05) is 6.54 Å². The minimum absolute atomic E-state index is 0.652. The predicted molar refractivity (Wildman–Crippen MR) is 56.4 cm³/mol. The number of oxazole rings is 1. The maximum Gasteiger partial charge on any atom is 0.195 e. The second kappa shape index (κ2) is 3.98. The van der Waals surface area contributed by atoms with E-state index >= 15 is 0 Å². The van der Waals surface area contributed by atoms with Crippen molar-refractivity contribution < 1.29 is 4.42 Å². The molecule has 0 spiro atoms. The molecule has 3 nitrogen and oxygen atoms in total. The highest BCUT2D eigenvalue weighted by Gasteiger charge is 2.04. The van der Waals surface area contributed by atoms with Gasteiger partial charge >= 0.3 is 0 Å². The van der Waals surface area contributed by atoms with Crippen LogP contribution in [0.1, 0.15) is 12.3 Å². The van der Waals surface area contributed by atoms with Crippen molar-refractivity contribution in [2.24, 2.45) is 5.73 Å². The maximum atomic E-state index is 5.82. The fraction of sp³-hybridized carbons (Fsp3) is 0.300. The van der Waals surface area contributed by atoms with Crippen molar-refractivity contribution in [1.82, 2.24) is 4.98 Å². The topological polar surface area (TPSA) is 52.0 Å². The van der Waals surface area contributed by atoms with E-state index in [0.29, 0.717) is 11.6 Å². The molecule has 1 heterocycles. The van der Waals surface area contributed by atoms with E-state index in [1.165, 1.54) is 0 Å². The summed E-state index contributed by atoms with van der Waals surface area (Å²) in [6, 6.07) is 5.43. The van der Waals surface area contributed by atoms with E-state index < -0.39 is 0 Å². The summed E-state index contributed by atoms with van der Waals surface area (Å²) in [4.78, 5) is 4.31. The van der Waals surface area contributed by atoms with Gasteiger partial charge in [-0.05, 0) is 25.1 Å². The normalized spacial score (nSPS) is 11.0. The van der Waals surface area contributed by atoms with Gasteiger partial charge in [0.05, 0.1) is 0 Å². The van der Waals surface area contributed by atoms with Crippen LogP contribution in [0.5, 0.6) is 0 Å². The Morgan fingerprint density at radius 1 is 1.43 bits per heavy atom. The van der Waals surface area contributed by atoms with Gasteiger partial charge in [0.25, 0.3) is 0 Å². The van der Waals surface area contributed by atoms with Gasteiger partial charge in [-0.2, -0.15) is 0 Å². The molecule has 14 heavy (non-hydrogen) atoms. The van der Waals surface area contributed by atoms with Crippen LogP contribution in [0.25, 0.3) is 11.1 Å². The summed E-state index contributed by atoms with van der Waals surface area (Å²) in [5.41, 5.74) is 6.99. The first-order chi connectivity index (χ1) is 6.79. The largest absolute Gasteiger partial charge is 0.441 e. The van der Waals surface area contributed by atoms with E-state index in [2.05, 4.69) is 4.98 Å². The van der Waals surface area contributed by atoms with Crippen molar-refractivity contribution in [3.05, 3.63) is 29.1 Å². The highest BCUT2D eigenvalue weighted by Crippen LogP contribution is 2.20. The van der Waals surface area contributed by atoms with Gasteiger partial charge in [0.1, 0.15) is 5.52 Å². The highest BCUT2D eigenvalue weighted by atomic mass is 35.5. The van der Waals surface area contributed by atoms with Crippen molar-refractivity contribution in [3.63, 3.8) is 0 Å². The molecular formula is C10H11ClN2O. The lowest BCUT2D eigenvalue weighted by atomic mass is 10.3. The van der Waals surface area contributed by atoms with E-state index in [0.717, 1.165) is 29.8 Å². The van der Waals surface area contributed by atoms with Crippen LogP contribution < -0.4 is 5.73 Å². The molecule has 2 aromatic rings. The lowest BCUT2D eigenvalue weighted by molar-refractivity contribution is 0.521. The van der Waals surface area contributed by atoms with E-state index in [9.17, 15) is 0 Å². The number of aryl methyl sites for hydroxylation is 1. The van der Waals surface area contributed by atoms with E-state index in [-0.39, 0.29) is 0 Å². The molecule has 0 unspecified atom stereocenters.